The maximum absolute atomic E-state index is 12.8. The third-order valence-corrected chi connectivity index (χ3v) is 5.58. The number of alkyl halides is 3. The Balaban J connectivity index is 1.77. The van der Waals surface area contributed by atoms with Crippen LogP contribution in [0.1, 0.15) is 28.2 Å². The Kier molecular flexibility index (Phi) is 5.59. The van der Waals surface area contributed by atoms with Gasteiger partial charge in [0.05, 0.1) is 11.6 Å². The SMILES string of the molecule is Cc1nc(-c2ccc(OC(F)(F)F)cc2)sc1C(=O)N1CCCC(C(=O)O)C1. The number of hydrogen-bond acceptors (Lipinski definition) is 5. The van der Waals surface area contributed by atoms with E-state index in [0.717, 1.165) is 11.3 Å². The lowest BCUT2D eigenvalue weighted by molar-refractivity contribution is -0.274. The number of piperidine rings is 1. The van der Waals surface area contributed by atoms with Gasteiger partial charge >= 0.3 is 12.3 Å². The Hall–Kier alpha value is -2.62. The molecule has 1 aliphatic heterocycles. The Morgan fingerprint density at radius 1 is 1.29 bits per heavy atom. The molecular formula is C18H17F3N2O4S. The second-order valence-corrected chi connectivity index (χ2v) is 7.43. The minimum atomic E-state index is -4.76. The smallest absolute Gasteiger partial charge is 0.481 e. The zero-order valence-corrected chi connectivity index (χ0v) is 15.6. The summed E-state index contributed by atoms with van der Waals surface area (Å²) in [5, 5.41) is 9.67. The number of aromatic nitrogens is 1. The molecule has 0 radical (unpaired) electrons. The number of aryl methyl sites for hydroxylation is 1. The third kappa shape index (κ3) is 4.61. The van der Waals surface area contributed by atoms with Gasteiger partial charge in [0.1, 0.15) is 15.6 Å². The maximum atomic E-state index is 12.8. The average molecular weight is 414 g/mol. The highest BCUT2D eigenvalue weighted by Crippen LogP contribution is 2.32. The van der Waals surface area contributed by atoms with Crippen LogP contribution in [0.3, 0.4) is 0 Å². The van der Waals surface area contributed by atoms with Crippen LogP contribution in [0.25, 0.3) is 10.6 Å². The van der Waals surface area contributed by atoms with E-state index in [2.05, 4.69) is 9.72 Å². The van der Waals surface area contributed by atoms with Gasteiger partial charge in [0.2, 0.25) is 0 Å². The lowest BCUT2D eigenvalue weighted by Gasteiger charge is -2.30. The molecule has 1 N–H and O–H groups in total. The van der Waals surface area contributed by atoms with E-state index >= 15 is 0 Å². The number of rotatable bonds is 4. The van der Waals surface area contributed by atoms with Crippen molar-refractivity contribution >= 4 is 23.2 Å². The topological polar surface area (TPSA) is 79.7 Å². The first-order valence-electron chi connectivity index (χ1n) is 8.50. The fourth-order valence-corrected chi connectivity index (χ4v) is 4.06. The summed E-state index contributed by atoms with van der Waals surface area (Å²) in [7, 11) is 0. The van der Waals surface area contributed by atoms with Crippen molar-refractivity contribution < 1.29 is 32.6 Å². The summed E-state index contributed by atoms with van der Waals surface area (Å²) in [4.78, 5) is 30.3. The first kappa shape index (κ1) is 20.1. The largest absolute Gasteiger partial charge is 0.573 e. The minimum absolute atomic E-state index is 0.157. The normalized spacial score (nSPS) is 17.4. The molecule has 0 bridgehead atoms. The lowest BCUT2D eigenvalue weighted by Crippen LogP contribution is -2.42. The molecule has 1 aromatic carbocycles. The van der Waals surface area contributed by atoms with Crippen molar-refractivity contribution in [1.29, 1.82) is 0 Å². The first-order valence-corrected chi connectivity index (χ1v) is 9.31. The van der Waals surface area contributed by atoms with Gasteiger partial charge in [-0.15, -0.1) is 24.5 Å². The number of carbonyl (C=O) groups excluding carboxylic acids is 1. The van der Waals surface area contributed by atoms with E-state index in [1.165, 1.54) is 29.2 Å². The lowest BCUT2D eigenvalue weighted by atomic mass is 9.98. The minimum Gasteiger partial charge on any atom is -0.481 e. The summed E-state index contributed by atoms with van der Waals surface area (Å²) < 4.78 is 40.6. The van der Waals surface area contributed by atoms with Crippen molar-refractivity contribution in [2.45, 2.75) is 26.1 Å². The van der Waals surface area contributed by atoms with E-state index in [9.17, 15) is 27.9 Å². The van der Waals surface area contributed by atoms with Gasteiger partial charge in [-0.3, -0.25) is 9.59 Å². The van der Waals surface area contributed by atoms with E-state index in [-0.39, 0.29) is 18.2 Å². The fourth-order valence-electron chi connectivity index (χ4n) is 3.02. The van der Waals surface area contributed by atoms with Crippen LogP contribution in [0.15, 0.2) is 24.3 Å². The summed E-state index contributed by atoms with van der Waals surface area (Å²) >= 11 is 1.13. The van der Waals surface area contributed by atoms with Crippen LogP contribution in [0.2, 0.25) is 0 Å². The predicted octanol–water partition coefficient (Wildman–Crippen LogP) is 3.95. The van der Waals surface area contributed by atoms with E-state index in [1.807, 2.05) is 0 Å². The molecule has 28 heavy (non-hydrogen) atoms. The molecule has 2 aromatic rings. The van der Waals surface area contributed by atoms with Crippen LogP contribution in [-0.4, -0.2) is 46.3 Å². The summed E-state index contributed by atoms with van der Waals surface area (Å²) in [6.45, 7) is 2.32. The monoisotopic (exact) mass is 414 g/mol. The highest BCUT2D eigenvalue weighted by Gasteiger charge is 2.32. The molecule has 1 atom stereocenters. The van der Waals surface area contributed by atoms with Gasteiger partial charge in [-0.05, 0) is 44.0 Å². The number of benzene rings is 1. The van der Waals surface area contributed by atoms with E-state index < -0.39 is 18.2 Å². The van der Waals surface area contributed by atoms with Crippen molar-refractivity contribution in [3.8, 4) is 16.3 Å². The second kappa shape index (κ2) is 7.78. The summed E-state index contributed by atoms with van der Waals surface area (Å²) in [6, 6.07) is 5.25. The zero-order chi connectivity index (χ0) is 20.5. The number of hydrogen-bond donors (Lipinski definition) is 1. The Labute approximate surface area is 162 Å². The van der Waals surface area contributed by atoms with Crippen LogP contribution in [0.5, 0.6) is 5.75 Å². The quantitative estimate of drug-likeness (QED) is 0.820. The molecule has 1 fully saturated rings. The van der Waals surface area contributed by atoms with Gasteiger partial charge in [-0.25, -0.2) is 4.98 Å². The van der Waals surface area contributed by atoms with Crippen molar-refractivity contribution in [2.24, 2.45) is 5.92 Å². The summed E-state index contributed by atoms with van der Waals surface area (Å²) in [6.07, 6.45) is -3.60. The molecule has 1 aromatic heterocycles. The molecule has 1 saturated heterocycles. The van der Waals surface area contributed by atoms with Gasteiger partial charge in [0.25, 0.3) is 5.91 Å². The van der Waals surface area contributed by atoms with Crippen LogP contribution in [-0.2, 0) is 4.79 Å². The van der Waals surface area contributed by atoms with Crippen LogP contribution in [0, 0.1) is 12.8 Å². The number of ether oxygens (including phenoxy) is 1. The number of likely N-dealkylation sites (tertiary alicyclic amines) is 1. The van der Waals surface area contributed by atoms with Gasteiger partial charge in [0, 0.05) is 18.7 Å². The highest BCUT2D eigenvalue weighted by atomic mass is 32.1. The number of halogens is 3. The van der Waals surface area contributed by atoms with E-state index in [1.54, 1.807) is 6.92 Å². The number of carboxylic acids is 1. The average Bonchev–Trinajstić information content (AvgIpc) is 3.02. The number of aliphatic carboxylic acids is 1. The zero-order valence-electron chi connectivity index (χ0n) is 14.8. The first-order chi connectivity index (χ1) is 13.1. The molecule has 6 nitrogen and oxygen atoms in total. The number of amides is 1. The molecule has 10 heteroatoms. The molecule has 2 heterocycles. The van der Waals surface area contributed by atoms with E-state index in [4.69, 9.17) is 0 Å². The summed E-state index contributed by atoms with van der Waals surface area (Å²) in [5.41, 5.74) is 1.06. The Morgan fingerprint density at radius 3 is 2.57 bits per heavy atom. The molecule has 0 spiro atoms. The fraction of sp³-hybridized carbons (Fsp3) is 0.389. The standard InChI is InChI=1S/C18H17F3N2O4S/c1-10-14(16(24)23-8-2-3-12(9-23)17(25)26)28-15(22-10)11-4-6-13(7-5-11)27-18(19,20)21/h4-7,12H,2-3,8-9H2,1H3,(H,25,26). The van der Waals surface area contributed by atoms with Crippen LogP contribution >= 0.6 is 11.3 Å². The number of carboxylic acid groups (broad SMARTS) is 1. The molecule has 1 unspecified atom stereocenters. The molecule has 3 rings (SSSR count). The molecule has 0 aliphatic carbocycles. The van der Waals surface area contributed by atoms with Crippen LogP contribution < -0.4 is 4.74 Å². The van der Waals surface area contributed by atoms with Crippen molar-refractivity contribution in [2.75, 3.05) is 13.1 Å². The van der Waals surface area contributed by atoms with Gasteiger partial charge < -0.3 is 14.7 Å². The molecule has 1 aliphatic rings. The van der Waals surface area contributed by atoms with Crippen molar-refractivity contribution in [3.05, 3.63) is 34.8 Å². The van der Waals surface area contributed by atoms with Gasteiger partial charge in [-0.1, -0.05) is 0 Å². The maximum Gasteiger partial charge on any atom is 0.573 e. The highest BCUT2D eigenvalue weighted by molar-refractivity contribution is 7.17. The summed E-state index contributed by atoms with van der Waals surface area (Å²) in [5.74, 6) is -2.11. The molecule has 1 amide bonds. The van der Waals surface area contributed by atoms with Crippen LogP contribution in [0.4, 0.5) is 13.2 Å². The second-order valence-electron chi connectivity index (χ2n) is 6.43. The van der Waals surface area contributed by atoms with Crippen molar-refractivity contribution in [1.82, 2.24) is 9.88 Å². The number of nitrogens with zero attached hydrogens (tertiary/aromatic N) is 2. The molecule has 150 valence electrons. The van der Waals surface area contributed by atoms with E-state index in [0.29, 0.717) is 40.5 Å². The number of thiazole rings is 1. The molecular weight excluding hydrogens is 397 g/mol. The van der Waals surface area contributed by atoms with Crippen molar-refractivity contribution in [3.63, 3.8) is 0 Å². The van der Waals surface area contributed by atoms with Gasteiger partial charge in [-0.2, -0.15) is 0 Å². The Morgan fingerprint density at radius 2 is 1.96 bits per heavy atom. The molecule has 0 saturated carbocycles. The number of carbonyl (C=O) groups is 2. The van der Waals surface area contributed by atoms with Gasteiger partial charge in [0.15, 0.2) is 0 Å². The Bertz CT molecular complexity index is 880. The predicted molar refractivity (Wildman–Crippen MR) is 95.2 cm³/mol. The third-order valence-electron chi connectivity index (χ3n) is 4.38.